The summed E-state index contributed by atoms with van der Waals surface area (Å²) in [6.45, 7) is 1.82. The lowest BCUT2D eigenvalue weighted by molar-refractivity contribution is -0.129. The highest BCUT2D eigenvalue weighted by Crippen LogP contribution is 2.28. The van der Waals surface area contributed by atoms with Crippen molar-refractivity contribution >= 4 is 57.1 Å². The molecule has 1 aromatic rings. The fraction of sp³-hybridized carbons (Fsp3) is 0.438. The van der Waals surface area contributed by atoms with Crippen LogP contribution in [0.5, 0.6) is 5.75 Å². The number of amides is 3. The number of benzene rings is 1. The van der Waals surface area contributed by atoms with Crippen molar-refractivity contribution in [3.63, 3.8) is 0 Å². The van der Waals surface area contributed by atoms with Crippen LogP contribution in [0.1, 0.15) is 5.56 Å². The van der Waals surface area contributed by atoms with Gasteiger partial charge in [0.2, 0.25) is 0 Å². The molecule has 0 radical (unpaired) electrons. The Kier molecular flexibility index (Phi) is 7.71. The van der Waals surface area contributed by atoms with Crippen LogP contribution >= 0.6 is 45.2 Å². The number of rotatable bonds is 4. The molecule has 1 fully saturated rings. The number of ether oxygens (including phenoxy) is 1. The summed E-state index contributed by atoms with van der Waals surface area (Å²) in [7, 11) is 1.36. The standard InChI is InChI=1S/C16H18I2N4O4/c1-21(9-19)15(24)13(20-16(25)22-2-4-26-5-3-22)8-10-6-11(17)14(23)12(18)7-10/h6-7,13,23H,2-5,8H2,1H3,(H,20,25). The molecule has 140 valence electrons. The maximum Gasteiger partial charge on any atom is 0.318 e. The van der Waals surface area contributed by atoms with Crippen LogP contribution in [0.25, 0.3) is 0 Å². The number of phenols is 1. The van der Waals surface area contributed by atoms with Crippen molar-refractivity contribution in [3.8, 4) is 11.9 Å². The number of halogens is 2. The van der Waals surface area contributed by atoms with Crippen LogP contribution in [-0.4, -0.2) is 66.2 Å². The molecule has 1 unspecified atom stereocenters. The van der Waals surface area contributed by atoms with Gasteiger partial charge >= 0.3 is 6.03 Å². The topological polar surface area (TPSA) is 106 Å². The second kappa shape index (κ2) is 9.56. The van der Waals surface area contributed by atoms with Gasteiger partial charge in [-0.05, 0) is 62.9 Å². The second-order valence-corrected chi connectivity index (χ2v) is 8.04. The van der Waals surface area contributed by atoms with Crippen LogP contribution in [0.15, 0.2) is 12.1 Å². The molecule has 1 heterocycles. The van der Waals surface area contributed by atoms with Crippen molar-refractivity contribution in [3.05, 3.63) is 24.8 Å². The van der Waals surface area contributed by atoms with Crippen LogP contribution in [-0.2, 0) is 16.0 Å². The van der Waals surface area contributed by atoms with E-state index in [2.05, 4.69) is 5.32 Å². The van der Waals surface area contributed by atoms with E-state index in [-0.39, 0.29) is 18.2 Å². The van der Waals surface area contributed by atoms with Gasteiger partial charge in [-0.2, -0.15) is 5.26 Å². The zero-order valence-electron chi connectivity index (χ0n) is 14.0. The molecule has 1 aliphatic rings. The summed E-state index contributed by atoms with van der Waals surface area (Å²) in [6.07, 6.45) is 1.99. The van der Waals surface area contributed by atoms with Gasteiger partial charge in [0.1, 0.15) is 11.8 Å². The van der Waals surface area contributed by atoms with Crippen LogP contribution in [0.3, 0.4) is 0 Å². The molecule has 0 aliphatic carbocycles. The molecule has 26 heavy (non-hydrogen) atoms. The number of likely N-dealkylation sites (N-methyl/N-ethyl adjacent to an activating group) is 1. The Morgan fingerprint density at radius 2 is 1.96 bits per heavy atom. The largest absolute Gasteiger partial charge is 0.506 e. The lowest BCUT2D eigenvalue weighted by atomic mass is 10.0. The Labute approximate surface area is 178 Å². The quantitative estimate of drug-likeness (QED) is 0.317. The maximum absolute atomic E-state index is 12.5. The fourth-order valence-corrected chi connectivity index (χ4v) is 4.36. The zero-order valence-corrected chi connectivity index (χ0v) is 18.4. The number of carbonyl (C=O) groups excluding carboxylic acids is 2. The van der Waals surface area contributed by atoms with E-state index in [9.17, 15) is 14.7 Å². The maximum atomic E-state index is 12.5. The van der Waals surface area contributed by atoms with Crippen LogP contribution in [0.4, 0.5) is 4.79 Å². The summed E-state index contributed by atoms with van der Waals surface area (Å²) in [5, 5.41) is 21.6. The third-order valence-corrected chi connectivity index (χ3v) is 5.54. The van der Waals surface area contributed by atoms with E-state index < -0.39 is 11.9 Å². The lowest BCUT2D eigenvalue weighted by Crippen LogP contribution is -2.53. The number of hydrogen-bond donors (Lipinski definition) is 2. The van der Waals surface area contributed by atoms with Crippen molar-refractivity contribution in [2.24, 2.45) is 0 Å². The number of aromatic hydroxyl groups is 1. The molecular formula is C16H18I2N4O4. The number of nitrogens with zero attached hydrogens (tertiary/aromatic N) is 3. The van der Waals surface area contributed by atoms with Gasteiger partial charge in [0.25, 0.3) is 5.91 Å². The van der Waals surface area contributed by atoms with E-state index in [1.54, 1.807) is 23.2 Å². The lowest BCUT2D eigenvalue weighted by Gasteiger charge is -2.29. The fourth-order valence-electron chi connectivity index (χ4n) is 2.46. The first-order chi connectivity index (χ1) is 12.3. The summed E-state index contributed by atoms with van der Waals surface area (Å²) >= 11 is 4.02. The van der Waals surface area contributed by atoms with E-state index in [0.717, 1.165) is 10.5 Å². The normalized spacial score (nSPS) is 15.1. The van der Waals surface area contributed by atoms with E-state index in [0.29, 0.717) is 33.4 Å². The van der Waals surface area contributed by atoms with Gasteiger partial charge in [-0.1, -0.05) is 0 Å². The molecule has 3 amide bonds. The summed E-state index contributed by atoms with van der Waals surface area (Å²) in [5.41, 5.74) is 0.781. The minimum absolute atomic E-state index is 0.185. The van der Waals surface area contributed by atoms with Crippen LogP contribution in [0, 0.1) is 18.6 Å². The number of carbonyl (C=O) groups is 2. The van der Waals surface area contributed by atoms with E-state index in [1.807, 2.05) is 45.2 Å². The summed E-state index contributed by atoms with van der Waals surface area (Å²) < 4.78 is 6.54. The SMILES string of the molecule is CN(C#N)C(=O)C(Cc1cc(I)c(O)c(I)c1)NC(=O)N1CCOCC1. The summed E-state index contributed by atoms with van der Waals surface area (Å²) in [6, 6.07) is 2.27. The Morgan fingerprint density at radius 1 is 1.38 bits per heavy atom. The monoisotopic (exact) mass is 584 g/mol. The van der Waals surface area contributed by atoms with Crippen LogP contribution in [0.2, 0.25) is 0 Å². The van der Waals surface area contributed by atoms with E-state index in [4.69, 9.17) is 10.00 Å². The summed E-state index contributed by atoms with van der Waals surface area (Å²) in [4.78, 5) is 27.5. The molecule has 1 atom stereocenters. The minimum atomic E-state index is -0.883. The van der Waals surface area contributed by atoms with Gasteiger partial charge in [0, 0.05) is 26.6 Å². The van der Waals surface area contributed by atoms with Gasteiger partial charge in [0.15, 0.2) is 6.19 Å². The predicted molar refractivity (Wildman–Crippen MR) is 110 cm³/mol. The van der Waals surface area contributed by atoms with Crippen molar-refractivity contribution in [2.45, 2.75) is 12.5 Å². The van der Waals surface area contributed by atoms with Crippen molar-refractivity contribution in [1.29, 1.82) is 5.26 Å². The van der Waals surface area contributed by atoms with Crippen molar-refractivity contribution in [2.75, 3.05) is 33.4 Å². The first-order valence-corrected chi connectivity index (χ1v) is 9.96. The molecular weight excluding hydrogens is 566 g/mol. The third kappa shape index (κ3) is 5.34. The average Bonchev–Trinajstić information content (AvgIpc) is 2.64. The van der Waals surface area contributed by atoms with Gasteiger partial charge in [-0.15, -0.1) is 0 Å². The van der Waals surface area contributed by atoms with Gasteiger partial charge in [-0.3, -0.25) is 9.69 Å². The third-order valence-electron chi connectivity index (χ3n) is 3.89. The Balaban J connectivity index is 2.19. The number of nitrogens with one attached hydrogen (secondary N) is 1. The van der Waals surface area contributed by atoms with Crippen molar-refractivity contribution in [1.82, 2.24) is 15.1 Å². The summed E-state index contributed by atoms with van der Waals surface area (Å²) in [5.74, 6) is -0.309. The Hall–Kier alpha value is -1.33. The average molecular weight is 584 g/mol. The highest BCUT2D eigenvalue weighted by atomic mass is 127. The van der Waals surface area contributed by atoms with Crippen molar-refractivity contribution < 1.29 is 19.4 Å². The number of hydrogen-bond acceptors (Lipinski definition) is 5. The molecule has 0 spiro atoms. The van der Waals surface area contributed by atoms with E-state index >= 15 is 0 Å². The minimum Gasteiger partial charge on any atom is -0.506 e. The number of phenolic OH excluding ortho intramolecular Hbond substituents is 1. The molecule has 10 heteroatoms. The number of nitriles is 1. The molecule has 1 aliphatic heterocycles. The highest BCUT2D eigenvalue weighted by Gasteiger charge is 2.27. The second-order valence-electron chi connectivity index (χ2n) is 5.71. The number of urea groups is 1. The highest BCUT2D eigenvalue weighted by molar-refractivity contribution is 14.1. The molecule has 8 nitrogen and oxygen atoms in total. The van der Waals surface area contributed by atoms with Gasteiger partial charge in [-0.25, -0.2) is 4.79 Å². The van der Waals surface area contributed by atoms with E-state index in [1.165, 1.54) is 7.05 Å². The number of morpholine rings is 1. The van der Waals surface area contributed by atoms with Gasteiger partial charge < -0.3 is 20.1 Å². The predicted octanol–water partition coefficient (Wildman–Crippen LogP) is 1.49. The first-order valence-electron chi connectivity index (χ1n) is 7.81. The molecule has 1 aromatic carbocycles. The Morgan fingerprint density at radius 3 is 2.50 bits per heavy atom. The van der Waals surface area contributed by atoms with Gasteiger partial charge in [0.05, 0.1) is 20.4 Å². The molecule has 0 aromatic heterocycles. The molecule has 0 bridgehead atoms. The smallest absolute Gasteiger partial charge is 0.318 e. The first kappa shape index (κ1) is 21.0. The zero-order chi connectivity index (χ0) is 19.3. The Bertz CT molecular complexity index is 708. The van der Waals surface area contributed by atoms with Crippen LogP contribution < -0.4 is 5.32 Å². The molecule has 1 saturated heterocycles. The molecule has 2 rings (SSSR count). The molecule has 0 saturated carbocycles. The molecule has 2 N–H and O–H groups in total.